The Morgan fingerprint density at radius 2 is 0.574 bits per heavy atom. The summed E-state index contributed by atoms with van der Waals surface area (Å²) in [7, 11) is 0. The molecule has 0 radical (unpaired) electrons. The van der Waals surface area contributed by atoms with Gasteiger partial charge in [-0.2, -0.15) is 0 Å². The molecule has 4 aromatic heterocycles. The summed E-state index contributed by atoms with van der Waals surface area (Å²) in [5.74, 6) is 0.891. The molecule has 0 saturated carbocycles. The molecule has 0 atom stereocenters. The molecular formula is C125H81N11. The van der Waals surface area contributed by atoms with Crippen molar-refractivity contribution in [3.05, 3.63) is 500 Å². The average molecular weight is 1740 g/mol. The molecule has 0 saturated heterocycles. The molecule has 0 unspecified atom stereocenters. The number of rotatable bonds is 14. The second kappa shape index (κ2) is 32.2. The smallest absolute Gasteiger partial charge is 0.187 e. The Morgan fingerprint density at radius 3 is 1.04 bits per heavy atom. The molecule has 1 aliphatic carbocycles. The maximum Gasteiger partial charge on any atom is 0.187 e. The highest BCUT2D eigenvalue weighted by molar-refractivity contribution is 6.30. The molecule has 11 heteroatoms. The molecule has 0 N–H and O–H groups in total. The van der Waals surface area contributed by atoms with E-state index in [1.807, 2.05) is 60.7 Å². The number of anilines is 9. The molecule has 0 bridgehead atoms. The van der Waals surface area contributed by atoms with Crippen LogP contribution in [0.25, 0.3) is 179 Å². The van der Waals surface area contributed by atoms with Gasteiger partial charge in [0, 0.05) is 116 Å². The first-order valence-electron chi connectivity index (χ1n) is 45.8. The predicted molar refractivity (Wildman–Crippen MR) is 566 cm³/mol. The van der Waals surface area contributed by atoms with Crippen molar-refractivity contribution < 1.29 is 0 Å². The number of fused-ring (bicyclic) bond motifs is 5. The standard InChI is InChI=1S/C46H29N5.C42H29N3.C37H23N3/c1-47-33-22-26-37(27-23-33)49(36-24-19-32(20-25-36)46-48-39-16-8-9-17-41(39)51(46)35-14-6-3-7-15-35)40-29-30-43-45-38(40)28-21-31-11-10-18-42(44(31)45)50(43)34-12-4-2-5-13-34;1-42(2)35-14-8-7-13-32(35)33-23-21-31(26-36(33)42)44(30-19-17-28(43-3)18-20-30)37-24-25-39-41-34(37)22-16-27-10-9-15-38(40(27)41)45(39)29-11-5-4-6-12-29;1-38-27-18-20-29(21-19-27)39(32-15-7-10-25-9-5-6-14-30(25)32)33-23-24-35-37-31(33)22-17-26-11-8-16-34(36(26)37)40(35)28-12-3-2-4-13-28/h2-30H;4-26H,1-2H3;2-24H. The minimum atomic E-state index is -0.113. The van der Waals surface area contributed by atoms with Crippen LogP contribution in [0.2, 0.25) is 0 Å². The first-order chi connectivity index (χ1) is 67.1. The Kier molecular flexibility index (Phi) is 18.8. The monoisotopic (exact) mass is 1740 g/mol. The van der Waals surface area contributed by atoms with Crippen LogP contribution in [-0.2, 0) is 5.41 Å². The summed E-state index contributed by atoms with van der Waals surface area (Å²) in [5, 5.41) is 17.2. The van der Waals surface area contributed by atoms with Crippen molar-refractivity contribution in [2.75, 3.05) is 14.7 Å². The molecule has 0 fully saturated rings. The lowest BCUT2D eigenvalue weighted by Gasteiger charge is -2.29. The molecule has 0 amide bonds. The van der Waals surface area contributed by atoms with Crippen LogP contribution in [0.3, 0.4) is 0 Å². The third-order valence-corrected chi connectivity index (χ3v) is 27.6. The molecule has 0 aliphatic heterocycles. The molecule has 26 aromatic rings. The first-order valence-corrected chi connectivity index (χ1v) is 45.8. The average Bonchev–Trinajstić information content (AvgIpc) is 1.55. The molecule has 11 nitrogen and oxygen atoms in total. The lowest BCUT2D eigenvalue weighted by atomic mass is 9.82. The SMILES string of the molecule is [C-]#[N+]c1ccc(N(c2ccc(-c3nc4ccccc4n3-c3ccccc3)cc2)c2ccc3c4c2ccc2cccc(c24)n3-c2ccccc2)cc1.[C-]#[N+]c1ccc(N(c2ccc3c(c2)C(C)(C)c2ccccc2-3)c2ccc3c4c2ccc2cccc(c24)n3-c2ccccc2)cc1.[C-]#[N+]c1ccc(N(c2cccc3ccccc23)c2ccc3c4c2ccc2cccc(c24)n3-c2ccccc2)cc1. The normalized spacial score (nSPS) is 12.1. The van der Waals surface area contributed by atoms with Crippen LogP contribution < -0.4 is 14.7 Å². The zero-order chi connectivity index (χ0) is 90.8. The molecule has 1 aliphatic rings. The van der Waals surface area contributed by atoms with Crippen LogP contribution in [-0.4, -0.2) is 23.3 Å². The number of hydrogen-bond acceptors (Lipinski definition) is 4. The van der Waals surface area contributed by atoms with Crippen molar-refractivity contribution in [3.8, 4) is 45.3 Å². The van der Waals surface area contributed by atoms with Gasteiger partial charge in [-0.25, -0.2) is 19.5 Å². The summed E-state index contributed by atoms with van der Waals surface area (Å²) in [4.78, 5) is 23.1. The topological polar surface area (TPSA) is 55.4 Å². The lowest BCUT2D eigenvalue weighted by molar-refractivity contribution is 0.660. The van der Waals surface area contributed by atoms with Crippen molar-refractivity contribution in [2.45, 2.75) is 19.3 Å². The van der Waals surface area contributed by atoms with Gasteiger partial charge in [-0.3, -0.25) is 4.57 Å². The van der Waals surface area contributed by atoms with Crippen LogP contribution >= 0.6 is 0 Å². The number of nitrogens with zero attached hydrogens (tertiary/aromatic N) is 11. The maximum atomic E-state index is 7.58. The van der Waals surface area contributed by atoms with Gasteiger partial charge in [0.05, 0.1) is 86.6 Å². The van der Waals surface area contributed by atoms with Gasteiger partial charge in [-0.1, -0.05) is 275 Å². The van der Waals surface area contributed by atoms with Crippen molar-refractivity contribution in [1.29, 1.82) is 0 Å². The number of imidazole rings is 1. The fourth-order valence-electron chi connectivity index (χ4n) is 21.5. The van der Waals surface area contributed by atoms with E-state index >= 15 is 0 Å². The largest absolute Gasteiger partial charge is 0.310 e. The van der Waals surface area contributed by atoms with Gasteiger partial charge in [0.2, 0.25) is 0 Å². The summed E-state index contributed by atoms with van der Waals surface area (Å²) in [6, 6.07) is 160. The fourth-order valence-corrected chi connectivity index (χ4v) is 21.5. The van der Waals surface area contributed by atoms with Gasteiger partial charge in [-0.05, 0) is 238 Å². The van der Waals surface area contributed by atoms with Crippen LogP contribution in [0.15, 0.2) is 455 Å². The summed E-state index contributed by atoms with van der Waals surface area (Å²) in [5.41, 5.74) is 31.3. The van der Waals surface area contributed by atoms with Crippen molar-refractivity contribution in [2.24, 2.45) is 0 Å². The van der Waals surface area contributed by atoms with Gasteiger partial charge < -0.3 is 28.4 Å². The highest BCUT2D eigenvalue weighted by Gasteiger charge is 2.37. The Hall–Kier alpha value is -18.6. The van der Waals surface area contributed by atoms with Gasteiger partial charge in [0.1, 0.15) is 5.82 Å². The van der Waals surface area contributed by atoms with Crippen molar-refractivity contribution in [3.63, 3.8) is 0 Å². The number of aromatic nitrogens is 5. The highest BCUT2D eigenvalue weighted by Crippen LogP contribution is 2.55. The minimum Gasteiger partial charge on any atom is -0.310 e. The third-order valence-electron chi connectivity index (χ3n) is 27.6. The van der Waals surface area contributed by atoms with E-state index in [9.17, 15) is 0 Å². The number of hydrogen-bond donors (Lipinski definition) is 0. The van der Waals surface area contributed by atoms with E-state index in [2.05, 4.69) is 456 Å². The fraction of sp³-hybridized carbons (Fsp3) is 0.0240. The second-order valence-corrected chi connectivity index (χ2v) is 35.3. The summed E-state index contributed by atoms with van der Waals surface area (Å²) >= 11 is 0. The van der Waals surface area contributed by atoms with Crippen LogP contribution in [0.4, 0.5) is 68.2 Å². The van der Waals surface area contributed by atoms with E-state index in [1.165, 1.54) is 125 Å². The second-order valence-electron chi connectivity index (χ2n) is 35.3. The predicted octanol–water partition coefficient (Wildman–Crippen LogP) is 34.7. The molecule has 136 heavy (non-hydrogen) atoms. The Morgan fingerprint density at radius 1 is 0.235 bits per heavy atom. The highest BCUT2D eigenvalue weighted by atomic mass is 15.2. The van der Waals surface area contributed by atoms with Gasteiger partial charge in [0.25, 0.3) is 0 Å². The van der Waals surface area contributed by atoms with E-state index in [-0.39, 0.29) is 5.41 Å². The quantitative estimate of drug-likeness (QED) is 0.0804. The zero-order valence-electron chi connectivity index (χ0n) is 74.2. The summed E-state index contributed by atoms with van der Waals surface area (Å²) in [6.45, 7) is 27.3. The van der Waals surface area contributed by atoms with E-state index in [1.54, 1.807) is 0 Å². The van der Waals surface area contributed by atoms with Crippen LogP contribution in [0, 0.1) is 19.7 Å². The maximum absolute atomic E-state index is 7.58. The molecule has 4 heterocycles. The number of para-hydroxylation sites is 6. The van der Waals surface area contributed by atoms with Crippen molar-refractivity contribution >= 4 is 188 Å². The summed E-state index contributed by atoms with van der Waals surface area (Å²) in [6.07, 6.45) is 0. The molecule has 636 valence electrons. The van der Waals surface area contributed by atoms with Gasteiger partial charge in [0.15, 0.2) is 17.1 Å². The van der Waals surface area contributed by atoms with E-state index in [4.69, 9.17) is 24.7 Å². The van der Waals surface area contributed by atoms with E-state index in [0.717, 1.165) is 102 Å². The van der Waals surface area contributed by atoms with E-state index < -0.39 is 0 Å². The Labute approximate surface area is 785 Å². The van der Waals surface area contributed by atoms with Crippen LogP contribution in [0.1, 0.15) is 25.0 Å². The Balaban J connectivity index is 0.000000109. The molecule has 22 aromatic carbocycles. The van der Waals surface area contributed by atoms with Gasteiger partial charge >= 0.3 is 0 Å². The lowest BCUT2D eigenvalue weighted by Crippen LogP contribution is -2.16. The number of benzene rings is 22. The van der Waals surface area contributed by atoms with E-state index in [0.29, 0.717) is 17.1 Å². The minimum absolute atomic E-state index is 0.113. The summed E-state index contributed by atoms with van der Waals surface area (Å²) < 4.78 is 9.37. The molecule has 27 rings (SSSR count). The van der Waals surface area contributed by atoms with Crippen molar-refractivity contribution in [1.82, 2.24) is 23.3 Å². The molecular weight excluding hydrogens is 1660 g/mol. The third kappa shape index (κ3) is 12.8. The Bertz CT molecular complexity index is 9270. The van der Waals surface area contributed by atoms with Crippen LogP contribution in [0.5, 0.6) is 0 Å². The molecule has 0 spiro atoms. The first kappa shape index (κ1) is 79.6. The van der Waals surface area contributed by atoms with Gasteiger partial charge in [-0.15, -0.1) is 0 Å². The zero-order valence-corrected chi connectivity index (χ0v) is 74.2.